The lowest BCUT2D eigenvalue weighted by atomic mass is 9.81. The van der Waals surface area contributed by atoms with Gasteiger partial charge in [-0.2, -0.15) is 0 Å². The minimum Gasteiger partial charge on any atom is -0.312 e. The predicted octanol–water partition coefficient (Wildman–Crippen LogP) is 5.88. The summed E-state index contributed by atoms with van der Waals surface area (Å²) in [5.41, 5.74) is 3.56. The van der Waals surface area contributed by atoms with Gasteiger partial charge < -0.3 is 4.90 Å². The topological polar surface area (TPSA) is 20.3 Å². The highest BCUT2D eigenvalue weighted by atomic mass is 79.9. The van der Waals surface area contributed by atoms with Crippen LogP contribution in [0.1, 0.15) is 36.8 Å². The van der Waals surface area contributed by atoms with Crippen LogP contribution in [0.25, 0.3) is 10.8 Å². The zero-order chi connectivity index (χ0) is 17.4. The molecule has 1 amide bonds. The molecule has 3 heteroatoms. The zero-order valence-corrected chi connectivity index (χ0v) is 15.8. The van der Waals surface area contributed by atoms with Gasteiger partial charge in [-0.05, 0) is 46.5 Å². The average Bonchev–Trinajstić information content (AvgIpc) is 2.64. The van der Waals surface area contributed by atoms with Crippen molar-refractivity contribution in [3.05, 3.63) is 76.3 Å². The molecule has 126 valence electrons. The Labute approximate surface area is 156 Å². The van der Waals surface area contributed by atoms with E-state index >= 15 is 0 Å². The molecule has 0 aromatic heterocycles. The average molecular weight is 394 g/mol. The third-order valence-electron chi connectivity index (χ3n) is 4.99. The number of hydrogen-bond donors (Lipinski definition) is 0. The lowest BCUT2D eigenvalue weighted by Gasteiger charge is -2.35. The Morgan fingerprint density at radius 2 is 1.80 bits per heavy atom. The Kier molecular flexibility index (Phi) is 4.34. The van der Waals surface area contributed by atoms with Crippen molar-refractivity contribution in [2.45, 2.75) is 25.7 Å². The number of fused-ring (bicyclic) bond motifs is 3. The van der Waals surface area contributed by atoms with E-state index in [1.165, 1.54) is 21.9 Å². The summed E-state index contributed by atoms with van der Waals surface area (Å²) in [6.45, 7) is 2.89. The Morgan fingerprint density at radius 1 is 1.04 bits per heavy atom. The Morgan fingerprint density at radius 3 is 2.56 bits per heavy atom. The van der Waals surface area contributed by atoms with Crippen molar-refractivity contribution in [2.24, 2.45) is 0 Å². The van der Waals surface area contributed by atoms with Gasteiger partial charge in [-0.3, -0.25) is 4.79 Å². The lowest BCUT2D eigenvalue weighted by Crippen LogP contribution is -2.37. The van der Waals surface area contributed by atoms with Crippen LogP contribution in [0.2, 0.25) is 0 Å². The second-order valence-corrected chi connectivity index (χ2v) is 7.49. The maximum Gasteiger partial charge on any atom is 0.227 e. The molecule has 0 saturated heterocycles. The summed E-state index contributed by atoms with van der Waals surface area (Å²) in [7, 11) is 0. The number of rotatable bonds is 3. The van der Waals surface area contributed by atoms with Crippen molar-refractivity contribution in [3.63, 3.8) is 0 Å². The van der Waals surface area contributed by atoms with E-state index in [0.29, 0.717) is 6.42 Å². The number of halogens is 1. The van der Waals surface area contributed by atoms with Gasteiger partial charge in [0.2, 0.25) is 5.91 Å². The van der Waals surface area contributed by atoms with Crippen LogP contribution in [-0.2, 0) is 4.79 Å². The van der Waals surface area contributed by atoms with Crippen molar-refractivity contribution in [2.75, 3.05) is 11.4 Å². The molecule has 0 radical (unpaired) electrons. The molecule has 3 aromatic carbocycles. The van der Waals surface area contributed by atoms with Crippen LogP contribution in [0.4, 0.5) is 5.69 Å². The third kappa shape index (κ3) is 2.87. The Bertz CT molecular complexity index is 932. The first-order chi connectivity index (χ1) is 12.2. The normalized spacial score (nSPS) is 17.0. The SMILES string of the molecule is CCCN1C(=O)CC(c2ccc(Br)cc2)c2c1ccc1ccccc21. The molecule has 1 aliphatic heterocycles. The van der Waals surface area contributed by atoms with E-state index in [4.69, 9.17) is 0 Å². The molecular weight excluding hydrogens is 374 g/mol. The maximum atomic E-state index is 12.9. The zero-order valence-electron chi connectivity index (χ0n) is 14.2. The van der Waals surface area contributed by atoms with Crippen LogP contribution in [0.15, 0.2) is 65.1 Å². The molecule has 0 bridgehead atoms. The fourth-order valence-corrected chi connectivity index (χ4v) is 4.12. The Hall–Kier alpha value is -2.13. The summed E-state index contributed by atoms with van der Waals surface area (Å²) in [4.78, 5) is 14.8. The first-order valence-corrected chi connectivity index (χ1v) is 9.56. The fraction of sp³-hybridized carbons (Fsp3) is 0.227. The highest BCUT2D eigenvalue weighted by molar-refractivity contribution is 9.10. The first kappa shape index (κ1) is 16.3. The molecule has 4 rings (SSSR count). The van der Waals surface area contributed by atoms with Gasteiger partial charge in [-0.1, -0.05) is 65.3 Å². The van der Waals surface area contributed by atoms with E-state index in [9.17, 15) is 4.79 Å². The summed E-state index contributed by atoms with van der Waals surface area (Å²) in [6, 6.07) is 21.1. The first-order valence-electron chi connectivity index (χ1n) is 8.76. The van der Waals surface area contributed by atoms with Gasteiger partial charge in [-0.25, -0.2) is 0 Å². The van der Waals surface area contributed by atoms with Crippen molar-refractivity contribution in [1.29, 1.82) is 0 Å². The van der Waals surface area contributed by atoms with E-state index < -0.39 is 0 Å². The second kappa shape index (κ2) is 6.64. The molecule has 1 atom stereocenters. The largest absolute Gasteiger partial charge is 0.312 e. The van der Waals surface area contributed by atoms with Gasteiger partial charge in [0, 0.05) is 29.0 Å². The highest BCUT2D eigenvalue weighted by Gasteiger charge is 2.33. The molecule has 1 aliphatic rings. The van der Waals surface area contributed by atoms with Crippen molar-refractivity contribution < 1.29 is 4.79 Å². The highest BCUT2D eigenvalue weighted by Crippen LogP contribution is 2.44. The van der Waals surface area contributed by atoms with E-state index in [2.05, 4.69) is 83.5 Å². The number of carbonyl (C=O) groups is 1. The molecule has 0 aliphatic carbocycles. The lowest BCUT2D eigenvalue weighted by molar-refractivity contribution is -0.119. The van der Waals surface area contributed by atoms with E-state index in [0.717, 1.165) is 23.1 Å². The van der Waals surface area contributed by atoms with Crippen molar-refractivity contribution in [1.82, 2.24) is 0 Å². The van der Waals surface area contributed by atoms with Gasteiger partial charge in [0.1, 0.15) is 0 Å². The van der Waals surface area contributed by atoms with Crippen LogP contribution < -0.4 is 4.90 Å². The molecule has 1 heterocycles. The molecule has 3 aromatic rings. The van der Waals surface area contributed by atoms with E-state index in [1.807, 2.05) is 4.90 Å². The molecule has 0 N–H and O–H groups in total. The smallest absolute Gasteiger partial charge is 0.227 e. The summed E-state index contributed by atoms with van der Waals surface area (Å²) >= 11 is 3.51. The molecule has 2 nitrogen and oxygen atoms in total. The summed E-state index contributed by atoms with van der Waals surface area (Å²) < 4.78 is 1.06. The molecule has 25 heavy (non-hydrogen) atoms. The number of nitrogens with zero attached hydrogens (tertiary/aromatic N) is 1. The van der Waals surface area contributed by atoms with Gasteiger partial charge >= 0.3 is 0 Å². The van der Waals surface area contributed by atoms with Gasteiger partial charge in [-0.15, -0.1) is 0 Å². The molecule has 0 fully saturated rings. The van der Waals surface area contributed by atoms with Crippen LogP contribution in [0.3, 0.4) is 0 Å². The number of carbonyl (C=O) groups excluding carboxylic acids is 1. The molecule has 1 unspecified atom stereocenters. The van der Waals surface area contributed by atoms with Crippen molar-refractivity contribution >= 4 is 38.3 Å². The number of anilines is 1. The van der Waals surface area contributed by atoms with Gasteiger partial charge in [0.15, 0.2) is 0 Å². The number of benzene rings is 3. The minimum absolute atomic E-state index is 0.106. The molecular formula is C22H20BrNO. The van der Waals surface area contributed by atoms with Crippen LogP contribution >= 0.6 is 15.9 Å². The van der Waals surface area contributed by atoms with Crippen LogP contribution in [0, 0.1) is 0 Å². The predicted molar refractivity (Wildman–Crippen MR) is 107 cm³/mol. The monoisotopic (exact) mass is 393 g/mol. The molecule has 0 saturated carbocycles. The fourth-order valence-electron chi connectivity index (χ4n) is 3.86. The third-order valence-corrected chi connectivity index (χ3v) is 5.51. The number of hydrogen-bond acceptors (Lipinski definition) is 1. The van der Waals surface area contributed by atoms with E-state index in [1.54, 1.807) is 0 Å². The maximum absolute atomic E-state index is 12.9. The van der Waals surface area contributed by atoms with Crippen molar-refractivity contribution in [3.8, 4) is 0 Å². The van der Waals surface area contributed by atoms with Gasteiger partial charge in [0.25, 0.3) is 0 Å². The van der Waals surface area contributed by atoms with Gasteiger partial charge in [0.05, 0.1) is 0 Å². The summed E-state index contributed by atoms with van der Waals surface area (Å²) in [5.74, 6) is 0.326. The second-order valence-electron chi connectivity index (χ2n) is 6.57. The van der Waals surface area contributed by atoms with Crippen LogP contribution in [-0.4, -0.2) is 12.5 Å². The summed E-state index contributed by atoms with van der Waals surface area (Å²) in [6.07, 6.45) is 1.49. The molecule has 0 spiro atoms. The van der Waals surface area contributed by atoms with E-state index in [-0.39, 0.29) is 11.8 Å². The quantitative estimate of drug-likeness (QED) is 0.543. The summed E-state index contributed by atoms with van der Waals surface area (Å²) in [5, 5.41) is 2.48. The Balaban J connectivity index is 1.96. The minimum atomic E-state index is 0.106. The standard InChI is InChI=1S/C22H20BrNO/c1-2-13-24-20-12-9-15-5-3-4-6-18(15)22(20)19(14-21(24)25)16-7-10-17(23)11-8-16/h3-12,19H,2,13-14H2,1H3. The van der Waals surface area contributed by atoms with Crippen LogP contribution in [0.5, 0.6) is 0 Å². The number of amides is 1.